The Kier molecular flexibility index (Phi) is 4.81. The van der Waals surface area contributed by atoms with Gasteiger partial charge < -0.3 is 9.84 Å². The molecule has 0 atom stereocenters. The number of aliphatic carboxylic acids is 1. The Labute approximate surface area is 163 Å². The average Bonchev–Trinajstić information content (AvgIpc) is 3.13. The minimum absolute atomic E-state index is 0.0384. The second-order valence-corrected chi connectivity index (χ2v) is 6.86. The van der Waals surface area contributed by atoms with E-state index in [1.54, 1.807) is 24.3 Å². The molecule has 1 aliphatic rings. The summed E-state index contributed by atoms with van der Waals surface area (Å²) in [6.45, 7) is -1.65. The molecule has 4 heteroatoms. The van der Waals surface area contributed by atoms with Crippen LogP contribution in [0.1, 0.15) is 46.5 Å². The lowest BCUT2D eigenvalue weighted by atomic mass is 10.0. The standard InChI is InChI=1S/C22H23ClO3/c1-15-5-7-16(8-6-15)20-4-2-3-18(20)14-26-19-11-9-17(21(23)13-19)10-12-22(24)25/h5-9,11,13H,2-4,10,12,14H2,1H3,(H,24,25)/i1D3. The van der Waals surface area contributed by atoms with Crippen LogP contribution in [0.4, 0.5) is 0 Å². The molecule has 136 valence electrons. The first-order chi connectivity index (χ1) is 13.7. The maximum Gasteiger partial charge on any atom is 0.303 e. The highest BCUT2D eigenvalue weighted by Crippen LogP contribution is 2.34. The number of halogens is 1. The first-order valence-electron chi connectivity index (χ1n) is 10.2. The fraction of sp³-hybridized carbons (Fsp3) is 0.318. The molecule has 0 unspecified atom stereocenters. The van der Waals surface area contributed by atoms with Gasteiger partial charge in [0, 0.05) is 15.6 Å². The summed E-state index contributed by atoms with van der Waals surface area (Å²) in [4.78, 5) is 10.7. The Morgan fingerprint density at radius 2 is 2.04 bits per heavy atom. The number of aryl methyl sites for hydroxylation is 2. The van der Waals surface area contributed by atoms with Gasteiger partial charge in [0.1, 0.15) is 12.4 Å². The molecule has 1 aliphatic carbocycles. The lowest BCUT2D eigenvalue weighted by molar-refractivity contribution is -0.136. The molecular weight excluding hydrogens is 348 g/mol. The summed E-state index contributed by atoms with van der Waals surface area (Å²) in [5.74, 6) is -0.209. The number of hydrogen-bond acceptors (Lipinski definition) is 2. The molecule has 0 aliphatic heterocycles. The van der Waals surface area contributed by atoms with Crippen molar-refractivity contribution in [3.05, 3.63) is 69.8 Å². The van der Waals surface area contributed by atoms with Gasteiger partial charge in [0.05, 0.1) is 0 Å². The maximum absolute atomic E-state index is 10.7. The van der Waals surface area contributed by atoms with Crippen LogP contribution in [0.15, 0.2) is 48.0 Å². The fourth-order valence-electron chi connectivity index (χ4n) is 3.22. The minimum Gasteiger partial charge on any atom is -0.489 e. The van der Waals surface area contributed by atoms with Crippen molar-refractivity contribution in [3.8, 4) is 5.75 Å². The first kappa shape index (κ1) is 14.9. The van der Waals surface area contributed by atoms with Crippen molar-refractivity contribution < 1.29 is 18.8 Å². The summed E-state index contributed by atoms with van der Waals surface area (Å²) in [6.07, 6.45) is 3.36. The van der Waals surface area contributed by atoms with Crippen LogP contribution < -0.4 is 4.74 Å². The number of rotatable bonds is 7. The molecule has 0 radical (unpaired) electrons. The van der Waals surface area contributed by atoms with Crippen LogP contribution in [0, 0.1) is 6.85 Å². The summed E-state index contributed by atoms with van der Waals surface area (Å²) in [5.41, 5.74) is 4.59. The normalized spacial score (nSPS) is 16.1. The average molecular weight is 374 g/mol. The predicted octanol–water partition coefficient (Wildman–Crippen LogP) is 5.68. The number of benzene rings is 2. The van der Waals surface area contributed by atoms with Gasteiger partial charge in [-0.05, 0) is 66.9 Å². The molecule has 1 N–H and O–H groups in total. The van der Waals surface area contributed by atoms with Crippen molar-refractivity contribution in [1.82, 2.24) is 0 Å². The highest BCUT2D eigenvalue weighted by molar-refractivity contribution is 6.31. The number of ether oxygens (including phenoxy) is 1. The molecule has 3 nitrogen and oxygen atoms in total. The Bertz CT molecular complexity index is 918. The maximum atomic E-state index is 10.7. The van der Waals surface area contributed by atoms with Gasteiger partial charge in [-0.2, -0.15) is 0 Å². The van der Waals surface area contributed by atoms with Crippen molar-refractivity contribution >= 4 is 23.1 Å². The van der Waals surface area contributed by atoms with E-state index in [1.165, 1.54) is 11.1 Å². The van der Waals surface area contributed by atoms with E-state index in [9.17, 15) is 4.79 Å². The number of carboxylic acids is 1. The smallest absolute Gasteiger partial charge is 0.303 e. The van der Waals surface area contributed by atoms with E-state index in [4.69, 9.17) is 25.6 Å². The second-order valence-electron chi connectivity index (χ2n) is 6.45. The third kappa shape index (κ3) is 4.67. The van der Waals surface area contributed by atoms with Crippen LogP contribution in [-0.4, -0.2) is 17.7 Å². The summed E-state index contributed by atoms with van der Waals surface area (Å²) >= 11 is 6.25. The summed E-state index contributed by atoms with van der Waals surface area (Å²) in [5, 5.41) is 9.30. The molecule has 0 heterocycles. The van der Waals surface area contributed by atoms with E-state index >= 15 is 0 Å². The van der Waals surface area contributed by atoms with Crippen LogP contribution in [-0.2, 0) is 11.2 Å². The second kappa shape index (κ2) is 8.41. The number of carboxylic acid groups (broad SMARTS) is 1. The van der Waals surface area contributed by atoms with Crippen LogP contribution >= 0.6 is 11.6 Å². The predicted molar refractivity (Wildman–Crippen MR) is 105 cm³/mol. The SMILES string of the molecule is [2H]C([2H])([2H])c1ccc(C2=C(COc3ccc(CCC(=O)O)c(Cl)c3)CCC2)cc1. The van der Waals surface area contributed by atoms with E-state index in [0.29, 0.717) is 29.4 Å². The zero-order valence-electron chi connectivity index (χ0n) is 17.4. The monoisotopic (exact) mass is 373 g/mol. The largest absolute Gasteiger partial charge is 0.489 e. The van der Waals surface area contributed by atoms with Gasteiger partial charge in [-0.15, -0.1) is 0 Å². The Morgan fingerprint density at radius 1 is 1.23 bits per heavy atom. The molecule has 2 aromatic rings. The molecule has 2 aromatic carbocycles. The van der Waals surface area contributed by atoms with Crippen molar-refractivity contribution in [1.29, 1.82) is 0 Å². The Hall–Kier alpha value is -2.26. The van der Waals surface area contributed by atoms with Crippen LogP contribution in [0.2, 0.25) is 5.02 Å². The van der Waals surface area contributed by atoms with Crippen LogP contribution in [0.3, 0.4) is 0 Å². The van der Waals surface area contributed by atoms with Gasteiger partial charge in [-0.1, -0.05) is 47.5 Å². The molecule has 0 fully saturated rings. The van der Waals surface area contributed by atoms with Crippen molar-refractivity contribution in [2.24, 2.45) is 0 Å². The van der Waals surface area contributed by atoms with Crippen molar-refractivity contribution in [2.45, 2.75) is 39.0 Å². The lowest BCUT2D eigenvalue weighted by Gasteiger charge is -2.12. The topological polar surface area (TPSA) is 46.5 Å². The fourth-order valence-corrected chi connectivity index (χ4v) is 3.48. The number of allylic oxidation sites excluding steroid dienone is 1. The molecule has 3 rings (SSSR count). The Balaban J connectivity index is 1.69. The molecular formula is C22H23ClO3. The zero-order chi connectivity index (χ0) is 21.0. The van der Waals surface area contributed by atoms with Gasteiger partial charge in [0.15, 0.2) is 0 Å². The lowest BCUT2D eigenvalue weighted by Crippen LogP contribution is -2.02. The summed E-state index contributed by atoms with van der Waals surface area (Å²) < 4.78 is 28.4. The van der Waals surface area contributed by atoms with Gasteiger partial charge >= 0.3 is 5.97 Å². The van der Waals surface area contributed by atoms with E-state index < -0.39 is 12.8 Å². The molecule has 0 spiro atoms. The molecule has 0 saturated heterocycles. The first-order valence-corrected chi connectivity index (χ1v) is 9.06. The van der Waals surface area contributed by atoms with Crippen molar-refractivity contribution in [3.63, 3.8) is 0 Å². The van der Waals surface area contributed by atoms with Crippen molar-refractivity contribution in [2.75, 3.05) is 6.61 Å². The van der Waals surface area contributed by atoms with Crippen LogP contribution in [0.25, 0.3) is 5.57 Å². The van der Waals surface area contributed by atoms with E-state index in [2.05, 4.69) is 0 Å². The van der Waals surface area contributed by atoms with E-state index in [-0.39, 0.29) is 6.42 Å². The highest BCUT2D eigenvalue weighted by Gasteiger charge is 2.17. The summed E-state index contributed by atoms with van der Waals surface area (Å²) in [6, 6.07) is 12.4. The minimum atomic E-state index is -2.09. The number of hydrogen-bond donors (Lipinski definition) is 1. The molecule has 0 bridgehead atoms. The molecule has 0 saturated carbocycles. The third-order valence-corrected chi connectivity index (χ3v) is 4.96. The quantitative estimate of drug-likeness (QED) is 0.678. The molecule has 0 amide bonds. The van der Waals surface area contributed by atoms with Gasteiger partial charge in [-0.3, -0.25) is 4.79 Å². The van der Waals surface area contributed by atoms with Gasteiger partial charge in [0.25, 0.3) is 0 Å². The van der Waals surface area contributed by atoms with Gasteiger partial charge in [0.2, 0.25) is 0 Å². The Morgan fingerprint density at radius 3 is 2.73 bits per heavy atom. The molecule has 0 aromatic heterocycles. The summed E-state index contributed by atoms with van der Waals surface area (Å²) in [7, 11) is 0. The van der Waals surface area contributed by atoms with E-state index in [0.717, 1.165) is 30.4 Å². The van der Waals surface area contributed by atoms with E-state index in [1.807, 2.05) is 18.2 Å². The number of carbonyl (C=O) groups is 1. The third-order valence-electron chi connectivity index (χ3n) is 4.61. The van der Waals surface area contributed by atoms with Crippen LogP contribution in [0.5, 0.6) is 5.75 Å². The molecule has 26 heavy (non-hydrogen) atoms. The zero-order valence-corrected chi connectivity index (χ0v) is 15.2. The van der Waals surface area contributed by atoms with Gasteiger partial charge in [-0.25, -0.2) is 0 Å². The highest BCUT2D eigenvalue weighted by atomic mass is 35.5.